The van der Waals surface area contributed by atoms with E-state index in [4.69, 9.17) is 11.5 Å². The Morgan fingerprint density at radius 3 is 2.31 bits per heavy atom. The molecule has 2 aromatic carbocycles. The van der Waals surface area contributed by atoms with Crippen molar-refractivity contribution in [2.75, 3.05) is 16.8 Å². The van der Waals surface area contributed by atoms with Crippen LogP contribution in [-0.4, -0.2) is 0 Å². The van der Waals surface area contributed by atoms with Gasteiger partial charge in [-0.3, -0.25) is 0 Å². The molecule has 0 fully saturated rings. The number of nitrogens with two attached hydrogens (primary N) is 2. The van der Waals surface area contributed by atoms with Gasteiger partial charge in [-0.25, -0.2) is 0 Å². The lowest BCUT2D eigenvalue weighted by Crippen LogP contribution is -1.96. The summed E-state index contributed by atoms with van der Waals surface area (Å²) in [5.74, 6) is 0. The molecule has 3 heteroatoms. The van der Waals surface area contributed by atoms with Gasteiger partial charge >= 0.3 is 0 Å². The number of aryl methyl sites for hydroxylation is 1. The Hall–Kier alpha value is -2.16. The van der Waals surface area contributed by atoms with Gasteiger partial charge in [-0.1, -0.05) is 12.1 Å². The monoisotopic (exact) mass is 213 g/mol. The van der Waals surface area contributed by atoms with Crippen molar-refractivity contribution < 1.29 is 0 Å². The summed E-state index contributed by atoms with van der Waals surface area (Å²) in [6, 6.07) is 13.7. The van der Waals surface area contributed by atoms with Crippen molar-refractivity contribution >= 4 is 22.7 Å². The molecule has 0 bridgehead atoms. The molecule has 2 rings (SSSR count). The summed E-state index contributed by atoms with van der Waals surface area (Å²) in [4.78, 5) is 0. The van der Waals surface area contributed by atoms with E-state index in [1.165, 1.54) is 5.56 Å². The predicted octanol–water partition coefficient (Wildman–Crippen LogP) is 2.90. The lowest BCUT2D eigenvalue weighted by atomic mass is 10.2. The Bertz CT molecular complexity index is 506. The first-order valence-corrected chi connectivity index (χ1v) is 5.14. The number of nitrogen functional groups attached to an aromatic ring is 2. The summed E-state index contributed by atoms with van der Waals surface area (Å²) in [7, 11) is 0. The van der Waals surface area contributed by atoms with Gasteiger partial charge in [0.1, 0.15) is 0 Å². The van der Waals surface area contributed by atoms with Gasteiger partial charge in [0.2, 0.25) is 0 Å². The summed E-state index contributed by atoms with van der Waals surface area (Å²) in [5, 5.41) is 3.28. The zero-order valence-electron chi connectivity index (χ0n) is 9.20. The van der Waals surface area contributed by atoms with E-state index in [1.54, 1.807) is 6.07 Å². The lowest BCUT2D eigenvalue weighted by molar-refractivity contribution is 1.45. The minimum absolute atomic E-state index is 0.595. The van der Waals surface area contributed by atoms with Crippen LogP contribution in [0, 0.1) is 6.92 Å². The molecule has 0 aliphatic heterocycles. The first-order chi connectivity index (χ1) is 7.65. The highest BCUT2D eigenvalue weighted by Gasteiger charge is 1.98. The van der Waals surface area contributed by atoms with Crippen molar-refractivity contribution in [2.24, 2.45) is 0 Å². The van der Waals surface area contributed by atoms with E-state index >= 15 is 0 Å². The summed E-state index contributed by atoms with van der Waals surface area (Å²) in [6.07, 6.45) is 0. The second-order valence-electron chi connectivity index (χ2n) is 3.84. The molecule has 0 heterocycles. The van der Waals surface area contributed by atoms with Crippen LogP contribution in [0.1, 0.15) is 5.56 Å². The first kappa shape index (κ1) is 10.4. The highest BCUT2D eigenvalue weighted by atomic mass is 14.9. The zero-order valence-corrected chi connectivity index (χ0v) is 9.20. The van der Waals surface area contributed by atoms with Crippen LogP contribution < -0.4 is 16.8 Å². The third kappa shape index (κ3) is 2.25. The average Bonchev–Trinajstić information content (AvgIpc) is 2.24. The van der Waals surface area contributed by atoms with Crippen molar-refractivity contribution in [2.45, 2.75) is 6.92 Å². The maximum atomic E-state index is 5.74. The van der Waals surface area contributed by atoms with Crippen molar-refractivity contribution in [3.63, 3.8) is 0 Å². The Morgan fingerprint density at radius 1 is 0.875 bits per heavy atom. The second kappa shape index (κ2) is 4.14. The molecule has 0 atom stereocenters. The highest BCUT2D eigenvalue weighted by Crippen LogP contribution is 2.23. The van der Waals surface area contributed by atoms with Crippen LogP contribution in [0.25, 0.3) is 0 Å². The van der Waals surface area contributed by atoms with Crippen molar-refractivity contribution in [1.82, 2.24) is 0 Å². The summed E-state index contributed by atoms with van der Waals surface area (Å²) in [5.41, 5.74) is 15.8. The molecule has 0 radical (unpaired) electrons. The number of anilines is 4. The molecule has 3 nitrogen and oxygen atoms in total. The predicted molar refractivity (Wildman–Crippen MR) is 69.7 cm³/mol. The van der Waals surface area contributed by atoms with Gasteiger partial charge in [-0.05, 0) is 42.8 Å². The van der Waals surface area contributed by atoms with E-state index in [-0.39, 0.29) is 0 Å². The van der Waals surface area contributed by atoms with Crippen LogP contribution in [0.3, 0.4) is 0 Å². The van der Waals surface area contributed by atoms with Gasteiger partial charge in [0.25, 0.3) is 0 Å². The standard InChI is InChI=1S/C13H15N3/c1-9-3-2-4-10(7-9)16-11-5-6-12(14)13(15)8-11/h2-8,16H,14-15H2,1H3. The van der Waals surface area contributed by atoms with Crippen LogP contribution in [0.15, 0.2) is 42.5 Å². The van der Waals surface area contributed by atoms with Gasteiger partial charge in [-0.15, -0.1) is 0 Å². The Morgan fingerprint density at radius 2 is 1.62 bits per heavy atom. The van der Waals surface area contributed by atoms with Crippen LogP contribution in [0.4, 0.5) is 22.7 Å². The second-order valence-corrected chi connectivity index (χ2v) is 3.84. The van der Waals surface area contributed by atoms with E-state index in [0.717, 1.165) is 11.4 Å². The minimum Gasteiger partial charge on any atom is -0.397 e. The van der Waals surface area contributed by atoms with Gasteiger partial charge in [0, 0.05) is 11.4 Å². The summed E-state index contributed by atoms with van der Waals surface area (Å²) in [6.45, 7) is 2.06. The molecule has 0 aromatic heterocycles. The molecule has 2 aromatic rings. The number of rotatable bonds is 2. The van der Waals surface area contributed by atoms with E-state index in [9.17, 15) is 0 Å². The van der Waals surface area contributed by atoms with Gasteiger partial charge < -0.3 is 16.8 Å². The maximum absolute atomic E-state index is 5.74. The fraction of sp³-hybridized carbons (Fsp3) is 0.0769. The average molecular weight is 213 g/mol. The Kier molecular flexibility index (Phi) is 2.68. The van der Waals surface area contributed by atoms with Gasteiger partial charge in [0.15, 0.2) is 0 Å². The normalized spacial score (nSPS) is 10.1. The SMILES string of the molecule is Cc1cccc(Nc2ccc(N)c(N)c2)c1. The number of hydrogen-bond donors (Lipinski definition) is 3. The van der Waals surface area contributed by atoms with Crippen molar-refractivity contribution in [3.05, 3.63) is 48.0 Å². The molecule has 16 heavy (non-hydrogen) atoms. The van der Waals surface area contributed by atoms with Crippen LogP contribution >= 0.6 is 0 Å². The van der Waals surface area contributed by atoms with E-state index in [0.29, 0.717) is 11.4 Å². The fourth-order valence-corrected chi connectivity index (χ4v) is 1.54. The van der Waals surface area contributed by atoms with Crippen LogP contribution in [-0.2, 0) is 0 Å². The lowest BCUT2D eigenvalue weighted by Gasteiger charge is -2.08. The van der Waals surface area contributed by atoms with E-state index in [2.05, 4.69) is 24.4 Å². The smallest absolute Gasteiger partial charge is 0.0568 e. The molecule has 0 aliphatic rings. The Labute approximate surface area is 95.1 Å². The molecular formula is C13H15N3. The minimum atomic E-state index is 0.595. The van der Waals surface area contributed by atoms with Crippen LogP contribution in [0.2, 0.25) is 0 Å². The van der Waals surface area contributed by atoms with E-state index in [1.807, 2.05) is 24.3 Å². The zero-order chi connectivity index (χ0) is 11.5. The summed E-state index contributed by atoms with van der Waals surface area (Å²) >= 11 is 0. The number of hydrogen-bond acceptors (Lipinski definition) is 3. The fourth-order valence-electron chi connectivity index (χ4n) is 1.54. The van der Waals surface area contributed by atoms with Crippen molar-refractivity contribution in [3.8, 4) is 0 Å². The summed E-state index contributed by atoms with van der Waals surface area (Å²) < 4.78 is 0. The molecule has 5 N–H and O–H groups in total. The van der Waals surface area contributed by atoms with Gasteiger partial charge in [0.05, 0.1) is 11.4 Å². The molecule has 0 amide bonds. The largest absolute Gasteiger partial charge is 0.397 e. The molecule has 0 aliphatic carbocycles. The molecule has 0 saturated heterocycles. The van der Waals surface area contributed by atoms with E-state index < -0.39 is 0 Å². The Balaban J connectivity index is 2.24. The number of nitrogens with one attached hydrogen (secondary N) is 1. The molecule has 0 spiro atoms. The van der Waals surface area contributed by atoms with Crippen LogP contribution in [0.5, 0.6) is 0 Å². The topological polar surface area (TPSA) is 64.1 Å². The molecule has 0 saturated carbocycles. The molecule has 0 unspecified atom stereocenters. The highest BCUT2D eigenvalue weighted by molar-refractivity contribution is 5.72. The quantitative estimate of drug-likeness (QED) is 0.672. The van der Waals surface area contributed by atoms with Gasteiger partial charge in [-0.2, -0.15) is 0 Å². The maximum Gasteiger partial charge on any atom is 0.0568 e. The molecule has 82 valence electrons. The third-order valence-electron chi connectivity index (χ3n) is 2.39. The number of benzene rings is 2. The third-order valence-corrected chi connectivity index (χ3v) is 2.39. The van der Waals surface area contributed by atoms with Crippen molar-refractivity contribution in [1.29, 1.82) is 0 Å². The first-order valence-electron chi connectivity index (χ1n) is 5.14. The molecular weight excluding hydrogens is 198 g/mol.